The van der Waals surface area contributed by atoms with Crippen LogP contribution in [0.1, 0.15) is 74.9 Å². The highest BCUT2D eigenvalue weighted by molar-refractivity contribution is 6.06. The van der Waals surface area contributed by atoms with E-state index in [2.05, 4.69) is 20.7 Å². The van der Waals surface area contributed by atoms with Crippen LogP contribution in [-0.2, 0) is 5.54 Å². The molecule has 0 saturated carbocycles. The second-order valence-electron chi connectivity index (χ2n) is 8.45. The zero-order chi connectivity index (χ0) is 23.3. The molecule has 3 aromatic rings. The van der Waals surface area contributed by atoms with E-state index in [1.54, 1.807) is 28.9 Å². The maximum absolute atomic E-state index is 12.6. The largest absolute Gasteiger partial charge is 0.348 e. The lowest BCUT2D eigenvalue weighted by Crippen LogP contribution is -2.31. The summed E-state index contributed by atoms with van der Waals surface area (Å²) in [6.07, 6.45) is 0. The molecule has 0 saturated heterocycles. The summed E-state index contributed by atoms with van der Waals surface area (Å²) < 4.78 is 1.72. The monoisotopic (exact) mass is 423 g/mol. The van der Waals surface area contributed by atoms with Crippen molar-refractivity contribution in [3.8, 4) is 0 Å². The van der Waals surface area contributed by atoms with Crippen molar-refractivity contribution in [2.45, 2.75) is 67.0 Å². The van der Waals surface area contributed by atoms with Crippen LogP contribution >= 0.6 is 0 Å². The van der Waals surface area contributed by atoms with Gasteiger partial charge < -0.3 is 10.6 Å². The Morgan fingerprint density at radius 3 is 2.13 bits per heavy atom. The van der Waals surface area contributed by atoms with E-state index in [0.29, 0.717) is 28.1 Å². The molecule has 0 aliphatic heterocycles. The number of benzene rings is 1. The van der Waals surface area contributed by atoms with E-state index in [9.17, 15) is 9.59 Å². The molecule has 7 heteroatoms. The van der Waals surface area contributed by atoms with Gasteiger partial charge in [0.25, 0.3) is 11.8 Å². The van der Waals surface area contributed by atoms with Gasteiger partial charge in [-0.25, -0.2) is 9.67 Å². The van der Waals surface area contributed by atoms with Crippen molar-refractivity contribution < 1.29 is 9.59 Å². The molecule has 1 aromatic carbocycles. The molecule has 0 bridgehead atoms. The van der Waals surface area contributed by atoms with E-state index in [1.165, 1.54) is 0 Å². The molecule has 2 aromatic heterocycles. The minimum atomic E-state index is -0.388. The van der Waals surface area contributed by atoms with Crippen molar-refractivity contribution in [3.05, 3.63) is 53.2 Å². The Bertz CT molecular complexity index is 1060. The Hall–Kier alpha value is -3.22. The first-order valence-electron chi connectivity index (χ1n) is 10.7. The van der Waals surface area contributed by atoms with Gasteiger partial charge in [0, 0.05) is 11.6 Å². The molecule has 7 nitrogen and oxygen atoms in total. The zero-order valence-electron chi connectivity index (χ0n) is 19.7. The average Bonchev–Trinajstić information content (AvgIpc) is 3.09. The Morgan fingerprint density at radius 1 is 0.968 bits per heavy atom. The number of anilines is 1. The summed E-state index contributed by atoms with van der Waals surface area (Å²) in [7, 11) is 0. The molecule has 3 rings (SSSR count). The summed E-state index contributed by atoms with van der Waals surface area (Å²) in [5.74, 6) is -0.0769. The summed E-state index contributed by atoms with van der Waals surface area (Å²) in [5, 5.41) is 10.9. The van der Waals surface area contributed by atoms with Gasteiger partial charge in [0.2, 0.25) is 0 Å². The molecular formula is C24H33N5O2. The Morgan fingerprint density at radius 2 is 1.58 bits per heavy atom. The first-order chi connectivity index (χ1) is 14.6. The summed E-state index contributed by atoms with van der Waals surface area (Å²) in [6.45, 7) is 15.7. The lowest BCUT2D eigenvalue weighted by Gasteiger charge is -2.20. The molecule has 0 atom stereocenters. The number of nitrogens with one attached hydrogen (secondary N) is 2. The fourth-order valence-corrected chi connectivity index (χ4v) is 2.92. The molecule has 166 valence electrons. The van der Waals surface area contributed by atoms with Crippen LogP contribution in [0.15, 0.2) is 36.4 Å². The van der Waals surface area contributed by atoms with Crippen LogP contribution in [-0.4, -0.2) is 32.6 Å². The minimum Gasteiger partial charge on any atom is -0.348 e. The van der Waals surface area contributed by atoms with Crippen molar-refractivity contribution in [2.75, 3.05) is 5.32 Å². The van der Waals surface area contributed by atoms with Crippen LogP contribution in [0.3, 0.4) is 0 Å². The van der Waals surface area contributed by atoms with Crippen molar-refractivity contribution in [2.24, 2.45) is 0 Å². The number of carbonyl (C=O) groups excluding carboxylic acids is 2. The van der Waals surface area contributed by atoms with Gasteiger partial charge in [-0.05, 0) is 65.8 Å². The zero-order valence-corrected chi connectivity index (χ0v) is 19.7. The number of fused-ring (bicyclic) bond motifs is 1. The van der Waals surface area contributed by atoms with E-state index < -0.39 is 0 Å². The van der Waals surface area contributed by atoms with E-state index in [1.807, 2.05) is 67.5 Å². The molecule has 0 spiro atoms. The summed E-state index contributed by atoms with van der Waals surface area (Å²) >= 11 is 0. The van der Waals surface area contributed by atoms with Gasteiger partial charge in [0.05, 0.1) is 10.9 Å². The van der Waals surface area contributed by atoms with Crippen LogP contribution in [0.4, 0.5) is 5.82 Å². The van der Waals surface area contributed by atoms with Crippen molar-refractivity contribution >= 4 is 28.7 Å². The van der Waals surface area contributed by atoms with Gasteiger partial charge in [0.15, 0.2) is 11.3 Å². The number of hydrogen-bond donors (Lipinski definition) is 2. The van der Waals surface area contributed by atoms with Crippen molar-refractivity contribution in [1.82, 2.24) is 20.1 Å². The normalized spacial score (nSPS) is 11.1. The molecule has 0 aliphatic rings. The summed E-state index contributed by atoms with van der Waals surface area (Å²) in [5.41, 5.74) is 2.13. The molecule has 0 fully saturated rings. The van der Waals surface area contributed by atoms with Crippen LogP contribution in [0.5, 0.6) is 0 Å². The highest BCUT2D eigenvalue weighted by Crippen LogP contribution is 2.25. The molecule has 0 unspecified atom stereocenters. The predicted octanol–water partition coefficient (Wildman–Crippen LogP) is 4.91. The van der Waals surface area contributed by atoms with E-state index >= 15 is 0 Å². The molecule has 0 radical (unpaired) electrons. The van der Waals surface area contributed by atoms with E-state index in [-0.39, 0.29) is 23.4 Å². The van der Waals surface area contributed by atoms with Gasteiger partial charge in [-0.1, -0.05) is 31.5 Å². The molecule has 2 amide bonds. The molecule has 31 heavy (non-hydrogen) atoms. The maximum atomic E-state index is 12.6. The number of aromatic nitrogens is 3. The smallest absolute Gasteiger partial charge is 0.272 e. The van der Waals surface area contributed by atoms with Gasteiger partial charge in [-0.15, -0.1) is 0 Å². The first kappa shape index (κ1) is 24.1. The third-order valence-corrected chi connectivity index (χ3v) is 4.36. The lowest BCUT2D eigenvalue weighted by atomic mass is 10.1. The number of nitrogens with zero attached hydrogens (tertiary/aromatic N) is 3. The number of hydrogen-bond acceptors (Lipinski definition) is 4. The summed E-state index contributed by atoms with van der Waals surface area (Å²) in [4.78, 5) is 29.7. The number of aryl methyl sites for hydroxylation is 1. The predicted molar refractivity (Wildman–Crippen MR) is 126 cm³/mol. The van der Waals surface area contributed by atoms with E-state index in [4.69, 9.17) is 0 Å². The third kappa shape index (κ3) is 5.69. The summed E-state index contributed by atoms with van der Waals surface area (Å²) in [6, 6.07) is 10.8. The average molecular weight is 424 g/mol. The lowest BCUT2D eigenvalue weighted by molar-refractivity contribution is 0.0937. The number of rotatable bonds is 4. The topological polar surface area (TPSA) is 88.9 Å². The fourth-order valence-electron chi connectivity index (χ4n) is 2.92. The minimum absolute atomic E-state index is 0.00151. The Kier molecular flexibility index (Phi) is 7.55. The van der Waals surface area contributed by atoms with Gasteiger partial charge in [-0.3, -0.25) is 9.59 Å². The maximum Gasteiger partial charge on any atom is 0.272 e. The van der Waals surface area contributed by atoms with Gasteiger partial charge >= 0.3 is 0 Å². The third-order valence-electron chi connectivity index (χ3n) is 4.36. The highest BCUT2D eigenvalue weighted by atomic mass is 16.2. The van der Waals surface area contributed by atoms with Gasteiger partial charge in [-0.2, -0.15) is 5.10 Å². The second-order valence-corrected chi connectivity index (χ2v) is 8.45. The number of carbonyl (C=O) groups is 2. The number of amides is 2. The quantitative estimate of drug-likeness (QED) is 0.624. The van der Waals surface area contributed by atoms with Crippen LogP contribution in [0.25, 0.3) is 11.0 Å². The second kappa shape index (κ2) is 9.73. The van der Waals surface area contributed by atoms with E-state index in [0.717, 1.165) is 5.56 Å². The molecular weight excluding hydrogens is 390 g/mol. The standard InChI is InChI=1S/C22H27N5O2.C2H6/c1-13(2)23-21(29)18-16-11-12-17(24-19(16)27(26-18)22(4,5)6)25-20(28)15-9-7-14(3)8-10-15;1-2/h7-13H,1-6H3,(H,23,29)(H,24,25,28);1-2H3. The molecule has 2 N–H and O–H groups in total. The molecule has 0 aliphatic carbocycles. The first-order valence-corrected chi connectivity index (χ1v) is 10.7. The van der Waals surface area contributed by atoms with Crippen LogP contribution in [0.2, 0.25) is 0 Å². The fraction of sp³-hybridized carbons (Fsp3) is 0.417. The van der Waals surface area contributed by atoms with Crippen molar-refractivity contribution in [3.63, 3.8) is 0 Å². The highest BCUT2D eigenvalue weighted by Gasteiger charge is 2.25. The van der Waals surface area contributed by atoms with Crippen LogP contribution < -0.4 is 10.6 Å². The Labute approximate surface area is 184 Å². The molecule has 2 heterocycles. The Balaban J connectivity index is 0.00000166. The van der Waals surface area contributed by atoms with Crippen LogP contribution in [0, 0.1) is 6.92 Å². The van der Waals surface area contributed by atoms with Gasteiger partial charge in [0.1, 0.15) is 5.82 Å². The van der Waals surface area contributed by atoms with Crippen molar-refractivity contribution in [1.29, 1.82) is 0 Å². The SMILES string of the molecule is CC.Cc1ccc(C(=O)Nc2ccc3c(C(=O)NC(C)C)nn(C(C)(C)C)c3n2)cc1. The number of pyridine rings is 1.